The van der Waals surface area contributed by atoms with Gasteiger partial charge in [0, 0.05) is 24.2 Å². The Kier molecular flexibility index (Phi) is 4.60. The zero-order valence-electron chi connectivity index (χ0n) is 13.5. The molecule has 0 aliphatic carbocycles. The van der Waals surface area contributed by atoms with Crippen LogP contribution in [0.4, 0.5) is 0 Å². The minimum absolute atomic E-state index is 0.455. The lowest BCUT2D eigenvalue weighted by Gasteiger charge is -2.37. The van der Waals surface area contributed by atoms with Gasteiger partial charge in [0.1, 0.15) is 5.69 Å². The maximum atomic E-state index is 5.93. The third kappa shape index (κ3) is 3.39. The Bertz CT molecular complexity index is 605. The summed E-state index contributed by atoms with van der Waals surface area (Å²) in [4.78, 5) is 2.43. The summed E-state index contributed by atoms with van der Waals surface area (Å²) in [6.07, 6.45) is 2.41. The van der Waals surface area contributed by atoms with Crippen molar-refractivity contribution in [1.82, 2.24) is 10.1 Å². The van der Waals surface area contributed by atoms with E-state index in [1.165, 1.54) is 18.4 Å². The first-order chi connectivity index (χ1) is 10.7. The van der Waals surface area contributed by atoms with Gasteiger partial charge in [-0.3, -0.25) is 4.90 Å². The van der Waals surface area contributed by atoms with Crippen molar-refractivity contribution >= 4 is 0 Å². The molecule has 1 aromatic carbocycles. The number of nitrogens with two attached hydrogens (primary N) is 1. The molecule has 1 aliphatic heterocycles. The fraction of sp³-hybridized carbons (Fsp3) is 0.500. The summed E-state index contributed by atoms with van der Waals surface area (Å²) in [6.45, 7) is 6.99. The summed E-state index contributed by atoms with van der Waals surface area (Å²) in [7, 11) is 0. The Morgan fingerprint density at radius 1 is 1.32 bits per heavy atom. The standard InChI is InChI=1S/C18H25N3O/c1-13-3-5-15(6-4-13)18-10-17(22-20-18)12-21-8-7-14(2)9-16(21)11-19/h3-6,10,14,16H,7-9,11-12,19H2,1-2H3. The third-order valence-electron chi connectivity index (χ3n) is 4.64. The van der Waals surface area contributed by atoms with Crippen LogP contribution in [0.25, 0.3) is 11.3 Å². The summed E-state index contributed by atoms with van der Waals surface area (Å²) in [5.74, 6) is 1.69. The lowest BCUT2D eigenvalue weighted by atomic mass is 9.92. The van der Waals surface area contributed by atoms with Crippen molar-refractivity contribution in [3.05, 3.63) is 41.7 Å². The molecule has 2 unspecified atom stereocenters. The number of benzene rings is 1. The monoisotopic (exact) mass is 299 g/mol. The molecule has 3 rings (SSSR count). The topological polar surface area (TPSA) is 55.3 Å². The van der Waals surface area contributed by atoms with Gasteiger partial charge >= 0.3 is 0 Å². The highest BCUT2D eigenvalue weighted by Crippen LogP contribution is 2.25. The van der Waals surface area contributed by atoms with Crippen LogP contribution in [-0.2, 0) is 6.54 Å². The van der Waals surface area contributed by atoms with E-state index in [2.05, 4.69) is 54.2 Å². The summed E-state index contributed by atoms with van der Waals surface area (Å²) >= 11 is 0. The van der Waals surface area contributed by atoms with Crippen molar-refractivity contribution in [2.45, 2.75) is 39.3 Å². The van der Waals surface area contributed by atoms with Crippen LogP contribution < -0.4 is 5.73 Å². The van der Waals surface area contributed by atoms with Crippen molar-refractivity contribution < 1.29 is 4.52 Å². The molecule has 1 fully saturated rings. The van der Waals surface area contributed by atoms with E-state index >= 15 is 0 Å². The molecule has 1 saturated heterocycles. The molecule has 22 heavy (non-hydrogen) atoms. The number of aryl methyl sites for hydroxylation is 1. The molecule has 2 aromatic rings. The van der Waals surface area contributed by atoms with E-state index in [1.54, 1.807) is 0 Å². The quantitative estimate of drug-likeness (QED) is 0.942. The number of likely N-dealkylation sites (tertiary alicyclic amines) is 1. The molecule has 0 radical (unpaired) electrons. The fourth-order valence-corrected chi connectivity index (χ4v) is 3.20. The molecular formula is C18H25N3O. The highest BCUT2D eigenvalue weighted by atomic mass is 16.5. The highest BCUT2D eigenvalue weighted by molar-refractivity contribution is 5.59. The predicted molar refractivity (Wildman–Crippen MR) is 88.3 cm³/mol. The van der Waals surface area contributed by atoms with Gasteiger partial charge in [-0.25, -0.2) is 0 Å². The van der Waals surface area contributed by atoms with Gasteiger partial charge in [0.25, 0.3) is 0 Å². The largest absolute Gasteiger partial charge is 0.359 e. The van der Waals surface area contributed by atoms with E-state index in [0.29, 0.717) is 12.6 Å². The van der Waals surface area contributed by atoms with Crippen molar-refractivity contribution in [3.8, 4) is 11.3 Å². The molecule has 1 aromatic heterocycles. The van der Waals surface area contributed by atoms with Crippen molar-refractivity contribution in [3.63, 3.8) is 0 Å². The van der Waals surface area contributed by atoms with Gasteiger partial charge in [0.15, 0.2) is 5.76 Å². The van der Waals surface area contributed by atoms with Crippen LogP contribution in [0.2, 0.25) is 0 Å². The summed E-state index contributed by atoms with van der Waals surface area (Å²) in [6, 6.07) is 10.9. The van der Waals surface area contributed by atoms with E-state index in [1.807, 2.05) is 0 Å². The third-order valence-corrected chi connectivity index (χ3v) is 4.64. The molecule has 4 nitrogen and oxygen atoms in total. The first kappa shape index (κ1) is 15.3. The second kappa shape index (κ2) is 6.63. The smallest absolute Gasteiger partial charge is 0.151 e. The van der Waals surface area contributed by atoms with Gasteiger partial charge in [-0.2, -0.15) is 0 Å². The average Bonchev–Trinajstić information content (AvgIpc) is 2.98. The average molecular weight is 299 g/mol. The van der Waals surface area contributed by atoms with Crippen LogP contribution in [0.3, 0.4) is 0 Å². The summed E-state index contributed by atoms with van der Waals surface area (Å²) in [5, 5.41) is 4.21. The van der Waals surface area contributed by atoms with Gasteiger partial charge < -0.3 is 10.3 Å². The summed E-state index contributed by atoms with van der Waals surface area (Å²) < 4.78 is 5.54. The Balaban J connectivity index is 1.70. The van der Waals surface area contributed by atoms with E-state index in [-0.39, 0.29) is 0 Å². The minimum Gasteiger partial charge on any atom is -0.359 e. The zero-order valence-corrected chi connectivity index (χ0v) is 13.5. The van der Waals surface area contributed by atoms with Crippen molar-refractivity contribution in [1.29, 1.82) is 0 Å². The molecule has 1 aliphatic rings. The van der Waals surface area contributed by atoms with Crippen LogP contribution in [0.1, 0.15) is 31.1 Å². The van der Waals surface area contributed by atoms with Gasteiger partial charge in [0.2, 0.25) is 0 Å². The molecule has 0 bridgehead atoms. The number of nitrogens with zero attached hydrogens (tertiary/aromatic N) is 2. The fourth-order valence-electron chi connectivity index (χ4n) is 3.20. The predicted octanol–water partition coefficient (Wildman–Crippen LogP) is 3.21. The molecule has 0 amide bonds. The van der Waals surface area contributed by atoms with Crippen LogP contribution >= 0.6 is 0 Å². The molecule has 2 atom stereocenters. The van der Waals surface area contributed by atoms with Gasteiger partial charge in [0.05, 0.1) is 6.54 Å². The Hall–Kier alpha value is -1.65. The number of hydrogen-bond donors (Lipinski definition) is 1. The van der Waals surface area contributed by atoms with Gasteiger partial charge in [-0.05, 0) is 32.2 Å². The van der Waals surface area contributed by atoms with E-state index in [9.17, 15) is 0 Å². The van der Waals surface area contributed by atoms with E-state index < -0.39 is 0 Å². The second-order valence-corrected chi connectivity index (χ2v) is 6.53. The van der Waals surface area contributed by atoms with E-state index in [0.717, 1.165) is 36.0 Å². The maximum absolute atomic E-state index is 5.93. The number of hydrogen-bond acceptors (Lipinski definition) is 4. The zero-order chi connectivity index (χ0) is 15.5. The number of rotatable bonds is 4. The Morgan fingerprint density at radius 2 is 2.09 bits per heavy atom. The SMILES string of the molecule is Cc1ccc(-c2cc(CN3CCC(C)CC3CN)on2)cc1. The Morgan fingerprint density at radius 3 is 2.82 bits per heavy atom. The molecule has 0 saturated carbocycles. The minimum atomic E-state index is 0.455. The molecule has 2 N–H and O–H groups in total. The molecule has 0 spiro atoms. The normalized spacial score (nSPS) is 22.9. The maximum Gasteiger partial charge on any atom is 0.151 e. The van der Waals surface area contributed by atoms with Gasteiger partial charge in [-0.15, -0.1) is 0 Å². The molecule has 2 heterocycles. The first-order valence-corrected chi connectivity index (χ1v) is 8.12. The number of aromatic nitrogens is 1. The van der Waals surface area contributed by atoms with Crippen LogP contribution in [0, 0.1) is 12.8 Å². The van der Waals surface area contributed by atoms with Gasteiger partial charge in [-0.1, -0.05) is 41.9 Å². The van der Waals surface area contributed by atoms with Crippen LogP contribution in [0.5, 0.6) is 0 Å². The lowest BCUT2D eigenvalue weighted by Crippen LogP contribution is -2.45. The molecule has 4 heteroatoms. The van der Waals surface area contributed by atoms with Crippen LogP contribution in [0.15, 0.2) is 34.9 Å². The van der Waals surface area contributed by atoms with Crippen LogP contribution in [-0.4, -0.2) is 29.2 Å². The first-order valence-electron chi connectivity index (χ1n) is 8.12. The second-order valence-electron chi connectivity index (χ2n) is 6.53. The van der Waals surface area contributed by atoms with Crippen molar-refractivity contribution in [2.75, 3.05) is 13.1 Å². The van der Waals surface area contributed by atoms with E-state index in [4.69, 9.17) is 10.3 Å². The Labute approximate surface area is 132 Å². The highest BCUT2D eigenvalue weighted by Gasteiger charge is 2.26. The number of piperidine rings is 1. The van der Waals surface area contributed by atoms with Crippen molar-refractivity contribution in [2.24, 2.45) is 11.7 Å². The lowest BCUT2D eigenvalue weighted by molar-refractivity contribution is 0.104. The molecular weight excluding hydrogens is 274 g/mol. The summed E-state index contributed by atoms with van der Waals surface area (Å²) in [5.41, 5.74) is 9.19. The molecule has 118 valence electrons.